The molecule has 0 amide bonds. The second-order valence-corrected chi connectivity index (χ2v) is 3.89. The molecule has 0 saturated carbocycles. The molecule has 2 rings (SSSR count). The van der Waals surface area contributed by atoms with Crippen molar-refractivity contribution in [3.8, 4) is 0 Å². The van der Waals surface area contributed by atoms with Crippen LogP contribution in [0.3, 0.4) is 0 Å². The number of anilines is 2. The van der Waals surface area contributed by atoms with Gasteiger partial charge in [-0.3, -0.25) is 4.57 Å². The largest absolute Gasteiger partial charge is 0.395 e. The fourth-order valence-corrected chi connectivity index (χ4v) is 1.75. The summed E-state index contributed by atoms with van der Waals surface area (Å²) in [4.78, 5) is 15.1. The highest BCUT2D eigenvalue weighted by atomic mass is 16.5. The zero-order valence-electron chi connectivity index (χ0n) is 8.98. The molecule has 17 heavy (non-hydrogen) atoms. The van der Waals surface area contributed by atoms with Gasteiger partial charge in [0.15, 0.2) is 5.82 Å². The first-order valence-electron chi connectivity index (χ1n) is 5.11. The molecule has 0 radical (unpaired) electrons. The average molecular weight is 242 g/mol. The van der Waals surface area contributed by atoms with Crippen LogP contribution in [0.25, 0.3) is 0 Å². The molecule has 0 aliphatic carbocycles. The minimum absolute atomic E-state index is 0.0384. The number of aliphatic hydroxyl groups excluding tert-OH is 2. The Labute approximate surface area is 96.4 Å². The number of nitrogens with zero attached hydrogens (tertiary/aromatic N) is 2. The minimum Gasteiger partial charge on any atom is -0.395 e. The molecule has 2 heterocycles. The van der Waals surface area contributed by atoms with E-state index in [9.17, 15) is 9.90 Å². The third kappa shape index (κ3) is 2.09. The Morgan fingerprint density at radius 3 is 2.88 bits per heavy atom. The molecule has 6 N–H and O–H groups in total. The first-order valence-corrected chi connectivity index (χ1v) is 5.11. The molecule has 94 valence electrons. The number of hydrogen-bond donors (Lipinski definition) is 4. The van der Waals surface area contributed by atoms with Crippen LogP contribution in [0, 0.1) is 0 Å². The van der Waals surface area contributed by atoms with Crippen LogP contribution in [0.5, 0.6) is 0 Å². The van der Waals surface area contributed by atoms with Crippen molar-refractivity contribution in [1.29, 1.82) is 0 Å². The third-order valence-electron chi connectivity index (χ3n) is 2.71. The lowest BCUT2D eigenvalue weighted by molar-refractivity contribution is -0.0458. The Kier molecular flexibility index (Phi) is 3.01. The van der Waals surface area contributed by atoms with Crippen molar-refractivity contribution in [3.63, 3.8) is 0 Å². The summed E-state index contributed by atoms with van der Waals surface area (Å²) in [7, 11) is 0. The molecule has 1 aliphatic rings. The number of hydrogen-bond acceptors (Lipinski definition) is 7. The van der Waals surface area contributed by atoms with Crippen LogP contribution in [0.2, 0.25) is 0 Å². The molecule has 1 aromatic rings. The Morgan fingerprint density at radius 1 is 1.59 bits per heavy atom. The molecule has 0 bridgehead atoms. The molecule has 8 heteroatoms. The lowest BCUT2D eigenvalue weighted by atomic mass is 10.2. The molecule has 3 atom stereocenters. The van der Waals surface area contributed by atoms with Gasteiger partial charge in [0, 0.05) is 12.6 Å². The summed E-state index contributed by atoms with van der Waals surface area (Å²) in [6.45, 7) is -0.315. The second-order valence-electron chi connectivity index (χ2n) is 3.89. The second kappa shape index (κ2) is 4.32. The Morgan fingerprint density at radius 2 is 2.29 bits per heavy atom. The molecule has 3 unspecified atom stereocenters. The van der Waals surface area contributed by atoms with E-state index in [0.717, 1.165) is 4.57 Å². The van der Waals surface area contributed by atoms with Crippen molar-refractivity contribution < 1.29 is 14.9 Å². The summed E-state index contributed by atoms with van der Waals surface area (Å²) in [5, 5.41) is 18.5. The van der Waals surface area contributed by atoms with Gasteiger partial charge in [-0.05, 0) is 0 Å². The SMILES string of the molecule is Nc1cn(C2CC(O)C(CO)O2)c(=O)nc1N. The van der Waals surface area contributed by atoms with E-state index in [1.165, 1.54) is 6.20 Å². The van der Waals surface area contributed by atoms with Crippen molar-refractivity contribution in [2.75, 3.05) is 18.1 Å². The van der Waals surface area contributed by atoms with Crippen molar-refractivity contribution in [2.45, 2.75) is 24.9 Å². The van der Waals surface area contributed by atoms with Crippen molar-refractivity contribution in [3.05, 3.63) is 16.7 Å². The predicted octanol–water partition coefficient (Wildman–Crippen LogP) is -1.95. The number of rotatable bonds is 2. The lowest BCUT2D eigenvalue weighted by Crippen LogP contribution is -2.28. The van der Waals surface area contributed by atoms with Gasteiger partial charge in [-0.2, -0.15) is 4.98 Å². The van der Waals surface area contributed by atoms with Gasteiger partial charge in [-0.15, -0.1) is 0 Å². The molecule has 8 nitrogen and oxygen atoms in total. The van der Waals surface area contributed by atoms with Crippen LogP contribution in [-0.2, 0) is 4.74 Å². The summed E-state index contributed by atoms with van der Waals surface area (Å²) < 4.78 is 6.47. The maximum atomic E-state index is 11.6. The Bertz CT molecular complexity index is 475. The molecule has 1 aromatic heterocycles. The van der Waals surface area contributed by atoms with Gasteiger partial charge >= 0.3 is 5.69 Å². The maximum Gasteiger partial charge on any atom is 0.351 e. The number of nitrogen functional groups attached to an aromatic ring is 2. The van der Waals surface area contributed by atoms with E-state index in [2.05, 4.69) is 4.98 Å². The van der Waals surface area contributed by atoms with Crippen molar-refractivity contribution in [2.24, 2.45) is 0 Å². The first-order chi connectivity index (χ1) is 8.02. The number of aromatic nitrogens is 2. The van der Waals surface area contributed by atoms with Gasteiger partial charge in [-0.25, -0.2) is 4.79 Å². The standard InChI is InChI=1S/C9H14N4O4/c10-4-2-13(9(16)12-8(4)11)7-1-5(15)6(3-14)17-7/h2,5-7,14-15H,1,3,10H2,(H2,11,12,16). The highest BCUT2D eigenvalue weighted by molar-refractivity contribution is 5.55. The molecule has 1 aliphatic heterocycles. The topological polar surface area (TPSA) is 137 Å². The van der Waals surface area contributed by atoms with Crippen LogP contribution in [0.1, 0.15) is 12.6 Å². The highest BCUT2D eigenvalue weighted by Crippen LogP contribution is 2.27. The van der Waals surface area contributed by atoms with E-state index in [0.29, 0.717) is 0 Å². The summed E-state index contributed by atoms with van der Waals surface area (Å²) in [5.74, 6) is -0.0384. The minimum atomic E-state index is -0.823. The quantitative estimate of drug-likeness (QED) is 0.473. The van der Waals surface area contributed by atoms with Crippen molar-refractivity contribution in [1.82, 2.24) is 9.55 Å². The highest BCUT2D eigenvalue weighted by Gasteiger charge is 2.35. The van der Waals surface area contributed by atoms with Crippen LogP contribution in [-0.4, -0.2) is 38.6 Å². The van der Waals surface area contributed by atoms with Crippen LogP contribution >= 0.6 is 0 Å². The zero-order chi connectivity index (χ0) is 12.6. The number of nitrogens with two attached hydrogens (primary N) is 2. The smallest absolute Gasteiger partial charge is 0.351 e. The molecule has 0 spiro atoms. The molecular weight excluding hydrogens is 228 g/mol. The normalized spacial score (nSPS) is 28.5. The Balaban J connectivity index is 2.30. The zero-order valence-corrected chi connectivity index (χ0v) is 8.98. The third-order valence-corrected chi connectivity index (χ3v) is 2.71. The van der Waals surface area contributed by atoms with Crippen LogP contribution in [0.4, 0.5) is 11.5 Å². The average Bonchev–Trinajstić information content (AvgIpc) is 2.65. The van der Waals surface area contributed by atoms with E-state index in [-0.39, 0.29) is 24.5 Å². The van der Waals surface area contributed by atoms with Crippen molar-refractivity contribution >= 4 is 11.5 Å². The Hall–Kier alpha value is -1.64. The fourth-order valence-electron chi connectivity index (χ4n) is 1.75. The molecule has 1 fully saturated rings. The molecular formula is C9H14N4O4. The van der Waals surface area contributed by atoms with Crippen LogP contribution < -0.4 is 17.2 Å². The first kappa shape index (κ1) is 11.8. The molecule has 0 aromatic carbocycles. The van der Waals surface area contributed by atoms with Gasteiger partial charge in [0.25, 0.3) is 0 Å². The summed E-state index contributed by atoms with van der Waals surface area (Å²) in [6.07, 6.45) is -0.704. The number of aliphatic hydroxyl groups is 2. The van der Waals surface area contributed by atoms with Gasteiger partial charge in [0.05, 0.1) is 18.4 Å². The summed E-state index contributed by atoms with van der Waals surface area (Å²) >= 11 is 0. The molecule has 1 saturated heterocycles. The van der Waals surface area contributed by atoms with Gasteiger partial charge in [0.2, 0.25) is 0 Å². The predicted molar refractivity (Wildman–Crippen MR) is 58.9 cm³/mol. The van der Waals surface area contributed by atoms with E-state index in [1.807, 2.05) is 0 Å². The summed E-state index contributed by atoms with van der Waals surface area (Å²) in [5.41, 5.74) is 10.5. The van der Waals surface area contributed by atoms with E-state index in [1.54, 1.807) is 0 Å². The van der Waals surface area contributed by atoms with Gasteiger partial charge in [0.1, 0.15) is 12.3 Å². The van der Waals surface area contributed by atoms with Crippen LogP contribution in [0.15, 0.2) is 11.0 Å². The number of ether oxygens (including phenoxy) is 1. The monoisotopic (exact) mass is 242 g/mol. The lowest BCUT2D eigenvalue weighted by Gasteiger charge is -2.14. The van der Waals surface area contributed by atoms with Gasteiger partial charge < -0.3 is 26.4 Å². The van der Waals surface area contributed by atoms with E-state index < -0.39 is 24.1 Å². The van der Waals surface area contributed by atoms with Gasteiger partial charge in [-0.1, -0.05) is 0 Å². The van der Waals surface area contributed by atoms with E-state index >= 15 is 0 Å². The summed E-state index contributed by atoms with van der Waals surface area (Å²) in [6, 6.07) is 0. The fraction of sp³-hybridized carbons (Fsp3) is 0.556. The maximum absolute atomic E-state index is 11.6. The van der Waals surface area contributed by atoms with E-state index in [4.69, 9.17) is 21.3 Å².